The first-order chi connectivity index (χ1) is 7.04. The minimum atomic E-state index is -1.22. The van der Waals surface area contributed by atoms with Gasteiger partial charge in [-0.25, -0.2) is 0 Å². The van der Waals surface area contributed by atoms with Gasteiger partial charge in [0.25, 0.3) is 0 Å². The summed E-state index contributed by atoms with van der Waals surface area (Å²) in [6.07, 6.45) is 2.56. The molecule has 82 valence electrons. The highest BCUT2D eigenvalue weighted by Gasteiger charge is 2.28. The van der Waals surface area contributed by atoms with E-state index in [0.29, 0.717) is 0 Å². The van der Waals surface area contributed by atoms with Crippen LogP contribution in [0.2, 0.25) is 19.6 Å². The van der Waals surface area contributed by atoms with E-state index < -0.39 is 8.07 Å². The van der Waals surface area contributed by atoms with E-state index in [1.54, 1.807) is 23.4 Å². The maximum absolute atomic E-state index is 5.30. The fourth-order valence-corrected chi connectivity index (χ4v) is 4.86. The van der Waals surface area contributed by atoms with Crippen LogP contribution >= 0.6 is 0 Å². The topological polar surface area (TPSA) is 9.23 Å². The van der Waals surface area contributed by atoms with Crippen LogP contribution in [0.1, 0.15) is 16.7 Å². The van der Waals surface area contributed by atoms with Gasteiger partial charge in [-0.05, 0) is 29.5 Å². The highest BCUT2D eigenvalue weighted by molar-refractivity contribution is 6.89. The average Bonchev–Trinajstić information content (AvgIpc) is 2.07. The molecule has 0 saturated heterocycles. The van der Waals surface area contributed by atoms with E-state index in [4.69, 9.17) is 4.74 Å². The SMILES string of the molecule is COCc1ccc2c(c1[Si](C)(C)C)CC2. The second-order valence-electron chi connectivity index (χ2n) is 5.42. The van der Waals surface area contributed by atoms with Crippen molar-refractivity contribution in [2.24, 2.45) is 0 Å². The molecule has 0 spiro atoms. The van der Waals surface area contributed by atoms with E-state index in [2.05, 4.69) is 31.8 Å². The van der Waals surface area contributed by atoms with E-state index in [1.165, 1.54) is 18.4 Å². The molecule has 0 radical (unpaired) electrons. The molecule has 0 bridgehead atoms. The minimum Gasteiger partial charge on any atom is -0.380 e. The molecule has 0 N–H and O–H groups in total. The van der Waals surface area contributed by atoms with Gasteiger partial charge < -0.3 is 4.74 Å². The van der Waals surface area contributed by atoms with Gasteiger partial charge in [0.15, 0.2) is 0 Å². The molecule has 1 aromatic rings. The van der Waals surface area contributed by atoms with Crippen LogP contribution in [0.5, 0.6) is 0 Å². The summed E-state index contributed by atoms with van der Waals surface area (Å²) in [5.41, 5.74) is 4.64. The summed E-state index contributed by atoms with van der Waals surface area (Å²) in [6, 6.07) is 4.56. The van der Waals surface area contributed by atoms with Crippen LogP contribution in [0.3, 0.4) is 0 Å². The summed E-state index contributed by atoms with van der Waals surface area (Å²) in [5, 5.41) is 1.66. The van der Waals surface area contributed by atoms with Crippen LogP contribution in [0.25, 0.3) is 0 Å². The second-order valence-corrected chi connectivity index (χ2v) is 10.4. The highest BCUT2D eigenvalue weighted by Crippen LogP contribution is 2.25. The van der Waals surface area contributed by atoms with Gasteiger partial charge in [0.05, 0.1) is 14.7 Å². The van der Waals surface area contributed by atoms with Crippen molar-refractivity contribution in [3.05, 3.63) is 28.8 Å². The van der Waals surface area contributed by atoms with Crippen molar-refractivity contribution in [2.75, 3.05) is 7.11 Å². The Labute approximate surface area is 93.5 Å². The van der Waals surface area contributed by atoms with E-state index in [9.17, 15) is 0 Å². The Morgan fingerprint density at radius 2 is 1.93 bits per heavy atom. The van der Waals surface area contributed by atoms with Gasteiger partial charge in [0.2, 0.25) is 0 Å². The third-order valence-corrected chi connectivity index (χ3v) is 5.31. The van der Waals surface area contributed by atoms with Crippen molar-refractivity contribution in [3.63, 3.8) is 0 Å². The molecule has 0 fully saturated rings. The molecule has 15 heavy (non-hydrogen) atoms. The lowest BCUT2D eigenvalue weighted by Gasteiger charge is -2.31. The zero-order chi connectivity index (χ0) is 11.1. The summed E-state index contributed by atoms with van der Waals surface area (Å²) < 4.78 is 5.30. The van der Waals surface area contributed by atoms with Crippen molar-refractivity contribution < 1.29 is 4.74 Å². The molecule has 0 aliphatic heterocycles. The molecule has 1 aliphatic rings. The molecule has 0 aromatic heterocycles. The molecule has 0 amide bonds. The van der Waals surface area contributed by atoms with Gasteiger partial charge in [-0.1, -0.05) is 37.0 Å². The summed E-state index contributed by atoms with van der Waals surface area (Å²) in [4.78, 5) is 0. The Morgan fingerprint density at radius 1 is 1.20 bits per heavy atom. The van der Waals surface area contributed by atoms with Crippen LogP contribution in [0, 0.1) is 0 Å². The number of fused-ring (bicyclic) bond motifs is 1. The zero-order valence-electron chi connectivity index (χ0n) is 10.2. The molecule has 0 heterocycles. The van der Waals surface area contributed by atoms with Crippen molar-refractivity contribution in [3.8, 4) is 0 Å². The van der Waals surface area contributed by atoms with Crippen LogP contribution in [0.4, 0.5) is 0 Å². The third-order valence-electron chi connectivity index (χ3n) is 3.19. The molecular formula is C13H20OSi. The average molecular weight is 220 g/mol. The van der Waals surface area contributed by atoms with E-state index in [0.717, 1.165) is 6.61 Å². The predicted octanol–water partition coefficient (Wildman–Crippen LogP) is 2.48. The van der Waals surface area contributed by atoms with Crippen molar-refractivity contribution in [1.82, 2.24) is 0 Å². The number of aryl methyl sites for hydroxylation is 1. The maximum atomic E-state index is 5.30. The number of rotatable bonds is 3. The molecule has 2 rings (SSSR count). The van der Waals surface area contributed by atoms with Gasteiger partial charge in [-0.15, -0.1) is 0 Å². The Morgan fingerprint density at radius 3 is 2.40 bits per heavy atom. The van der Waals surface area contributed by atoms with Crippen molar-refractivity contribution in [2.45, 2.75) is 39.1 Å². The zero-order valence-corrected chi connectivity index (χ0v) is 11.2. The second kappa shape index (κ2) is 3.76. The molecule has 1 aliphatic carbocycles. The smallest absolute Gasteiger partial charge is 0.0784 e. The fourth-order valence-electron chi connectivity index (χ4n) is 2.55. The molecule has 0 unspecified atom stereocenters. The largest absolute Gasteiger partial charge is 0.380 e. The van der Waals surface area contributed by atoms with Crippen LogP contribution in [0.15, 0.2) is 12.1 Å². The number of ether oxygens (including phenoxy) is 1. The lowest BCUT2D eigenvalue weighted by Crippen LogP contribution is -2.45. The predicted molar refractivity (Wildman–Crippen MR) is 67.5 cm³/mol. The standard InChI is InChI=1S/C13H20OSi/c1-14-9-11-6-5-10-7-8-12(10)13(11)15(2,3)4/h5-6H,7-9H2,1-4H3. The van der Waals surface area contributed by atoms with E-state index >= 15 is 0 Å². The first-order valence-electron chi connectivity index (χ1n) is 5.67. The Kier molecular flexibility index (Phi) is 2.73. The van der Waals surface area contributed by atoms with Crippen LogP contribution in [-0.2, 0) is 24.2 Å². The monoisotopic (exact) mass is 220 g/mol. The summed E-state index contributed by atoms with van der Waals surface area (Å²) >= 11 is 0. The van der Waals surface area contributed by atoms with Gasteiger partial charge in [-0.2, -0.15) is 0 Å². The molecular weight excluding hydrogens is 200 g/mol. The lowest BCUT2D eigenvalue weighted by molar-refractivity contribution is 0.185. The summed E-state index contributed by atoms with van der Waals surface area (Å²) in [6.45, 7) is 8.06. The summed E-state index contributed by atoms with van der Waals surface area (Å²) in [7, 11) is 0.565. The number of methoxy groups -OCH3 is 1. The van der Waals surface area contributed by atoms with Crippen molar-refractivity contribution >= 4 is 13.3 Å². The minimum absolute atomic E-state index is 0.771. The molecule has 0 saturated carbocycles. The van der Waals surface area contributed by atoms with Gasteiger partial charge in [0, 0.05) is 7.11 Å². The van der Waals surface area contributed by atoms with E-state index in [1.807, 2.05) is 0 Å². The lowest BCUT2D eigenvalue weighted by atomic mass is 9.87. The van der Waals surface area contributed by atoms with Gasteiger partial charge in [-0.3, -0.25) is 0 Å². The number of hydrogen-bond donors (Lipinski definition) is 0. The number of benzene rings is 1. The van der Waals surface area contributed by atoms with Crippen LogP contribution < -0.4 is 5.19 Å². The Balaban J connectivity index is 2.52. The quantitative estimate of drug-likeness (QED) is 0.711. The normalized spacial score (nSPS) is 14.7. The Hall–Kier alpha value is -0.603. The Bertz CT molecular complexity index is 377. The molecule has 1 aromatic carbocycles. The first-order valence-corrected chi connectivity index (χ1v) is 9.17. The molecule has 1 nitrogen and oxygen atoms in total. The third kappa shape index (κ3) is 1.88. The molecule has 2 heteroatoms. The first kappa shape index (κ1) is 10.9. The number of hydrogen-bond acceptors (Lipinski definition) is 1. The van der Waals surface area contributed by atoms with Crippen LogP contribution in [-0.4, -0.2) is 15.2 Å². The van der Waals surface area contributed by atoms with Gasteiger partial charge >= 0.3 is 0 Å². The van der Waals surface area contributed by atoms with Crippen molar-refractivity contribution in [1.29, 1.82) is 0 Å². The highest BCUT2D eigenvalue weighted by atomic mass is 28.3. The molecule has 0 atom stereocenters. The van der Waals surface area contributed by atoms with E-state index in [-0.39, 0.29) is 0 Å². The fraction of sp³-hybridized carbons (Fsp3) is 0.538. The maximum Gasteiger partial charge on any atom is 0.0784 e. The summed E-state index contributed by atoms with van der Waals surface area (Å²) in [5.74, 6) is 0. The van der Waals surface area contributed by atoms with Gasteiger partial charge in [0.1, 0.15) is 0 Å².